The van der Waals surface area contributed by atoms with E-state index in [0.29, 0.717) is 5.92 Å². The lowest BCUT2D eigenvalue weighted by Crippen LogP contribution is -2.11. The highest BCUT2D eigenvalue weighted by Crippen LogP contribution is 2.39. The van der Waals surface area contributed by atoms with E-state index >= 15 is 0 Å². The van der Waals surface area contributed by atoms with Gasteiger partial charge in [-0.2, -0.15) is 0 Å². The van der Waals surface area contributed by atoms with Crippen LogP contribution >= 0.6 is 11.3 Å². The zero-order valence-corrected chi connectivity index (χ0v) is 8.02. The molecule has 66 valence electrons. The van der Waals surface area contributed by atoms with E-state index < -0.39 is 0 Å². The van der Waals surface area contributed by atoms with E-state index in [1.807, 2.05) is 11.3 Å². The smallest absolute Gasteiger partial charge is 0.00888 e. The first-order valence-electron chi connectivity index (χ1n) is 4.63. The van der Waals surface area contributed by atoms with Gasteiger partial charge in [-0.3, -0.25) is 0 Å². The fourth-order valence-corrected chi connectivity index (χ4v) is 2.46. The minimum Gasteiger partial charge on any atom is -0.330 e. The molecular formula is C10H15NS. The first-order chi connectivity index (χ1) is 5.90. The lowest BCUT2D eigenvalue weighted by atomic mass is 10.0. The molecule has 0 spiro atoms. The van der Waals surface area contributed by atoms with E-state index in [4.69, 9.17) is 5.73 Å². The van der Waals surface area contributed by atoms with Gasteiger partial charge in [-0.1, -0.05) is 18.9 Å². The van der Waals surface area contributed by atoms with Gasteiger partial charge < -0.3 is 5.73 Å². The molecular weight excluding hydrogens is 166 g/mol. The molecule has 0 aromatic carbocycles. The molecule has 1 nitrogen and oxygen atoms in total. The van der Waals surface area contributed by atoms with Gasteiger partial charge >= 0.3 is 0 Å². The highest BCUT2D eigenvalue weighted by molar-refractivity contribution is 7.10. The SMILES string of the molecule is NC[C@H](CC1CC1)c1cccs1. The van der Waals surface area contributed by atoms with Crippen LogP contribution in [0, 0.1) is 5.92 Å². The van der Waals surface area contributed by atoms with E-state index in [1.165, 1.54) is 24.1 Å². The summed E-state index contributed by atoms with van der Waals surface area (Å²) in [6, 6.07) is 4.33. The fourth-order valence-electron chi connectivity index (χ4n) is 1.61. The molecule has 2 N–H and O–H groups in total. The van der Waals surface area contributed by atoms with Gasteiger partial charge in [0.15, 0.2) is 0 Å². The van der Waals surface area contributed by atoms with Crippen molar-refractivity contribution in [3.63, 3.8) is 0 Å². The first-order valence-corrected chi connectivity index (χ1v) is 5.51. The summed E-state index contributed by atoms with van der Waals surface area (Å²) >= 11 is 1.85. The molecule has 1 saturated carbocycles. The molecule has 1 aliphatic rings. The molecule has 1 fully saturated rings. The van der Waals surface area contributed by atoms with Crippen LogP contribution in [0.4, 0.5) is 0 Å². The molecule has 0 radical (unpaired) electrons. The molecule has 1 heterocycles. The normalized spacial score (nSPS) is 19.4. The average molecular weight is 181 g/mol. The van der Waals surface area contributed by atoms with Gasteiger partial charge in [-0.25, -0.2) is 0 Å². The Bertz CT molecular complexity index is 226. The van der Waals surface area contributed by atoms with Crippen molar-refractivity contribution in [1.82, 2.24) is 0 Å². The van der Waals surface area contributed by atoms with Crippen LogP contribution in [0.3, 0.4) is 0 Å². The van der Waals surface area contributed by atoms with Crippen LogP contribution in [0.5, 0.6) is 0 Å². The van der Waals surface area contributed by atoms with Crippen molar-refractivity contribution in [1.29, 1.82) is 0 Å². The van der Waals surface area contributed by atoms with Gasteiger partial charge in [0, 0.05) is 10.8 Å². The summed E-state index contributed by atoms with van der Waals surface area (Å²) in [4.78, 5) is 1.48. The Labute approximate surface area is 77.6 Å². The molecule has 1 aliphatic carbocycles. The van der Waals surface area contributed by atoms with Crippen LogP contribution in [-0.2, 0) is 0 Å². The molecule has 12 heavy (non-hydrogen) atoms. The highest BCUT2D eigenvalue weighted by Gasteiger charge is 2.25. The fraction of sp³-hybridized carbons (Fsp3) is 0.600. The van der Waals surface area contributed by atoms with Crippen molar-refractivity contribution in [2.24, 2.45) is 11.7 Å². The molecule has 0 bridgehead atoms. The standard InChI is InChI=1S/C10H15NS/c11-7-9(6-8-3-4-8)10-2-1-5-12-10/h1-2,5,8-9H,3-4,6-7,11H2/t9-/m0/s1. The molecule has 1 aromatic rings. The molecule has 2 rings (SSSR count). The van der Waals surface area contributed by atoms with E-state index in [2.05, 4.69) is 17.5 Å². The Morgan fingerprint density at radius 3 is 2.92 bits per heavy atom. The Hall–Kier alpha value is -0.340. The van der Waals surface area contributed by atoms with Crippen LogP contribution in [0.1, 0.15) is 30.1 Å². The second-order valence-electron chi connectivity index (χ2n) is 3.63. The van der Waals surface area contributed by atoms with Crippen LogP contribution in [-0.4, -0.2) is 6.54 Å². The maximum Gasteiger partial charge on any atom is 0.00888 e. The van der Waals surface area contributed by atoms with Crippen LogP contribution in [0.15, 0.2) is 17.5 Å². The molecule has 0 unspecified atom stereocenters. The van der Waals surface area contributed by atoms with Crippen LogP contribution < -0.4 is 5.73 Å². The first kappa shape index (κ1) is 8.27. The predicted octanol–water partition coefficient (Wildman–Crippen LogP) is 2.59. The molecule has 2 heteroatoms. The Balaban J connectivity index is 1.97. The molecule has 0 saturated heterocycles. The van der Waals surface area contributed by atoms with E-state index in [-0.39, 0.29) is 0 Å². The van der Waals surface area contributed by atoms with Gasteiger partial charge in [-0.05, 0) is 30.3 Å². The zero-order valence-electron chi connectivity index (χ0n) is 7.20. The molecule has 0 amide bonds. The van der Waals surface area contributed by atoms with E-state index in [0.717, 1.165) is 12.5 Å². The number of hydrogen-bond acceptors (Lipinski definition) is 2. The summed E-state index contributed by atoms with van der Waals surface area (Å²) < 4.78 is 0. The molecule has 0 aliphatic heterocycles. The van der Waals surface area contributed by atoms with E-state index in [9.17, 15) is 0 Å². The van der Waals surface area contributed by atoms with Gasteiger partial charge in [0.1, 0.15) is 0 Å². The Morgan fingerprint density at radius 1 is 1.58 bits per heavy atom. The number of thiophene rings is 1. The summed E-state index contributed by atoms with van der Waals surface area (Å²) in [5.41, 5.74) is 5.75. The van der Waals surface area contributed by atoms with Gasteiger partial charge in [0.2, 0.25) is 0 Å². The highest BCUT2D eigenvalue weighted by atomic mass is 32.1. The lowest BCUT2D eigenvalue weighted by Gasteiger charge is -2.11. The van der Waals surface area contributed by atoms with Crippen LogP contribution in [0.25, 0.3) is 0 Å². The Morgan fingerprint density at radius 2 is 2.42 bits per heavy atom. The van der Waals surface area contributed by atoms with E-state index in [1.54, 1.807) is 0 Å². The largest absolute Gasteiger partial charge is 0.330 e. The summed E-state index contributed by atoms with van der Waals surface area (Å²) in [6.45, 7) is 0.816. The summed E-state index contributed by atoms with van der Waals surface area (Å²) in [7, 11) is 0. The van der Waals surface area contributed by atoms with Gasteiger partial charge in [0.05, 0.1) is 0 Å². The maximum absolute atomic E-state index is 5.75. The third kappa shape index (κ3) is 1.87. The number of nitrogens with two attached hydrogens (primary N) is 1. The van der Waals surface area contributed by atoms with Crippen molar-refractivity contribution >= 4 is 11.3 Å². The van der Waals surface area contributed by atoms with Crippen molar-refractivity contribution in [3.05, 3.63) is 22.4 Å². The van der Waals surface area contributed by atoms with Crippen molar-refractivity contribution < 1.29 is 0 Å². The minimum absolute atomic E-state index is 0.637. The monoisotopic (exact) mass is 181 g/mol. The second-order valence-corrected chi connectivity index (χ2v) is 4.61. The topological polar surface area (TPSA) is 26.0 Å². The average Bonchev–Trinajstić information content (AvgIpc) is 2.74. The van der Waals surface area contributed by atoms with Crippen molar-refractivity contribution in [2.45, 2.75) is 25.2 Å². The van der Waals surface area contributed by atoms with Crippen molar-refractivity contribution in [3.8, 4) is 0 Å². The third-order valence-corrected chi connectivity index (χ3v) is 3.58. The maximum atomic E-state index is 5.75. The van der Waals surface area contributed by atoms with Crippen LogP contribution in [0.2, 0.25) is 0 Å². The number of hydrogen-bond donors (Lipinski definition) is 1. The van der Waals surface area contributed by atoms with Gasteiger partial charge in [0.25, 0.3) is 0 Å². The molecule has 1 atom stereocenters. The predicted molar refractivity (Wildman–Crippen MR) is 53.5 cm³/mol. The summed E-state index contributed by atoms with van der Waals surface area (Å²) in [6.07, 6.45) is 4.18. The second kappa shape index (κ2) is 3.58. The van der Waals surface area contributed by atoms with Crippen molar-refractivity contribution in [2.75, 3.05) is 6.54 Å². The summed E-state index contributed by atoms with van der Waals surface area (Å²) in [5, 5.41) is 2.14. The lowest BCUT2D eigenvalue weighted by molar-refractivity contribution is 0.593. The zero-order chi connectivity index (χ0) is 8.39. The quantitative estimate of drug-likeness (QED) is 0.759. The summed E-state index contributed by atoms with van der Waals surface area (Å²) in [5.74, 6) is 1.62. The van der Waals surface area contributed by atoms with Gasteiger partial charge in [-0.15, -0.1) is 11.3 Å². The number of rotatable bonds is 4. The Kier molecular flexibility index (Phi) is 2.47. The third-order valence-electron chi connectivity index (χ3n) is 2.54. The minimum atomic E-state index is 0.637. The molecule has 1 aromatic heterocycles.